The van der Waals surface area contributed by atoms with E-state index in [9.17, 15) is 9.59 Å². The molecule has 2 aliphatic carbocycles. The van der Waals surface area contributed by atoms with Crippen LogP contribution >= 0.6 is 0 Å². The Morgan fingerprint density at radius 3 is 2.14 bits per heavy atom. The summed E-state index contributed by atoms with van der Waals surface area (Å²) in [5.41, 5.74) is -0.0457. The number of carbonyl (C=O) groups is 2. The van der Waals surface area contributed by atoms with Crippen molar-refractivity contribution in [3.63, 3.8) is 0 Å². The lowest BCUT2D eigenvalue weighted by Crippen LogP contribution is -2.57. The molecule has 6 nitrogen and oxygen atoms in total. The molecular weight excluding hydrogens is 284 g/mol. The van der Waals surface area contributed by atoms with Crippen molar-refractivity contribution in [2.75, 3.05) is 13.2 Å². The normalized spacial score (nSPS) is 35.0. The second kappa shape index (κ2) is 5.97. The van der Waals surface area contributed by atoms with Crippen LogP contribution in [-0.2, 0) is 9.47 Å². The van der Waals surface area contributed by atoms with E-state index in [1.807, 2.05) is 0 Å². The highest BCUT2D eigenvalue weighted by Crippen LogP contribution is 2.65. The van der Waals surface area contributed by atoms with E-state index in [1.165, 1.54) is 0 Å². The average Bonchev–Trinajstić information content (AvgIpc) is 2.73. The average molecular weight is 312 g/mol. The fourth-order valence-electron chi connectivity index (χ4n) is 4.42. The van der Waals surface area contributed by atoms with Crippen molar-refractivity contribution in [3.8, 4) is 0 Å². The highest BCUT2D eigenvalue weighted by atomic mass is 16.6. The SMILES string of the molecule is CCOC(=O)N[C@H]1[C@H]2CC[C@@](C)([C@H]1NC(=O)OCC)C2(C)C. The summed E-state index contributed by atoms with van der Waals surface area (Å²) in [6.45, 7) is 10.9. The van der Waals surface area contributed by atoms with Crippen LogP contribution in [0, 0.1) is 16.7 Å². The van der Waals surface area contributed by atoms with Crippen LogP contribution in [0.5, 0.6) is 0 Å². The predicted octanol–water partition coefficient (Wildman–Crippen LogP) is 2.67. The maximum absolute atomic E-state index is 11.9. The Morgan fingerprint density at radius 1 is 1.05 bits per heavy atom. The van der Waals surface area contributed by atoms with E-state index in [2.05, 4.69) is 31.4 Å². The zero-order valence-corrected chi connectivity index (χ0v) is 14.2. The van der Waals surface area contributed by atoms with Crippen molar-refractivity contribution >= 4 is 12.2 Å². The zero-order valence-electron chi connectivity index (χ0n) is 14.2. The van der Waals surface area contributed by atoms with E-state index in [1.54, 1.807) is 13.8 Å². The van der Waals surface area contributed by atoms with Crippen LogP contribution in [0.4, 0.5) is 9.59 Å². The van der Waals surface area contributed by atoms with Crippen LogP contribution in [0.3, 0.4) is 0 Å². The first-order valence-electron chi connectivity index (χ1n) is 8.14. The van der Waals surface area contributed by atoms with E-state index < -0.39 is 12.2 Å². The van der Waals surface area contributed by atoms with Gasteiger partial charge in [-0.3, -0.25) is 0 Å². The zero-order chi connectivity index (χ0) is 16.5. The molecule has 0 heterocycles. The van der Waals surface area contributed by atoms with Crippen LogP contribution in [0.1, 0.15) is 47.5 Å². The molecule has 0 unspecified atom stereocenters. The summed E-state index contributed by atoms with van der Waals surface area (Å²) in [6, 6.07) is -0.276. The number of rotatable bonds is 4. The minimum atomic E-state index is -0.423. The minimum Gasteiger partial charge on any atom is -0.450 e. The number of amides is 2. The molecule has 2 fully saturated rings. The van der Waals surface area contributed by atoms with Crippen LogP contribution in [-0.4, -0.2) is 37.5 Å². The highest BCUT2D eigenvalue weighted by Gasteiger charge is 2.67. The van der Waals surface area contributed by atoms with Gasteiger partial charge < -0.3 is 20.1 Å². The van der Waals surface area contributed by atoms with E-state index in [0.29, 0.717) is 19.1 Å². The van der Waals surface area contributed by atoms with Gasteiger partial charge in [0.05, 0.1) is 25.3 Å². The topological polar surface area (TPSA) is 76.7 Å². The number of ether oxygens (including phenoxy) is 2. The molecular formula is C16H28N2O4. The molecule has 2 N–H and O–H groups in total. The van der Waals surface area contributed by atoms with Gasteiger partial charge in [-0.25, -0.2) is 9.59 Å². The largest absolute Gasteiger partial charge is 0.450 e. The van der Waals surface area contributed by atoms with Gasteiger partial charge >= 0.3 is 12.2 Å². The van der Waals surface area contributed by atoms with Crippen molar-refractivity contribution < 1.29 is 19.1 Å². The van der Waals surface area contributed by atoms with Gasteiger partial charge in [0, 0.05) is 0 Å². The van der Waals surface area contributed by atoms with Crippen LogP contribution in [0.25, 0.3) is 0 Å². The molecule has 2 amide bonds. The molecule has 6 heteroatoms. The summed E-state index contributed by atoms with van der Waals surface area (Å²) in [7, 11) is 0. The van der Waals surface area contributed by atoms with Crippen LogP contribution in [0.2, 0.25) is 0 Å². The summed E-state index contributed by atoms with van der Waals surface area (Å²) in [4.78, 5) is 23.8. The Hall–Kier alpha value is -1.46. The molecule has 0 radical (unpaired) electrons. The summed E-state index contributed by atoms with van der Waals surface area (Å²) < 4.78 is 10.1. The Labute approximate surface area is 132 Å². The number of nitrogens with one attached hydrogen (secondary N) is 2. The third-order valence-electron chi connectivity index (χ3n) is 5.96. The second-order valence-corrected chi connectivity index (χ2v) is 7.02. The lowest BCUT2D eigenvalue weighted by atomic mass is 9.69. The fraction of sp³-hybridized carbons (Fsp3) is 0.875. The van der Waals surface area contributed by atoms with Crippen molar-refractivity contribution in [2.24, 2.45) is 16.7 Å². The molecule has 126 valence electrons. The molecule has 0 aliphatic heterocycles. The molecule has 2 bridgehead atoms. The van der Waals surface area contributed by atoms with E-state index in [-0.39, 0.29) is 22.9 Å². The molecule has 2 aliphatic rings. The van der Waals surface area contributed by atoms with E-state index >= 15 is 0 Å². The number of hydrogen-bond acceptors (Lipinski definition) is 4. The standard InChI is InChI=1S/C16H28N2O4/c1-6-21-13(19)17-11-10-8-9-16(5,15(10,3)4)12(11)18-14(20)22-7-2/h10-12H,6-9H2,1-5H3,(H,17,19)(H,18,20)/t10-,11+,12+,16+/m1/s1. The smallest absolute Gasteiger partial charge is 0.407 e. The monoisotopic (exact) mass is 312 g/mol. The minimum absolute atomic E-state index is 0.0291. The second-order valence-electron chi connectivity index (χ2n) is 7.02. The lowest BCUT2D eigenvalue weighted by Gasteiger charge is -2.40. The van der Waals surface area contributed by atoms with Crippen LogP contribution < -0.4 is 10.6 Å². The lowest BCUT2D eigenvalue weighted by molar-refractivity contribution is 0.0992. The predicted molar refractivity (Wildman–Crippen MR) is 82.5 cm³/mol. The molecule has 0 spiro atoms. The summed E-state index contributed by atoms with van der Waals surface area (Å²) in [5.74, 6) is 0.314. The van der Waals surface area contributed by atoms with Gasteiger partial charge in [0.1, 0.15) is 0 Å². The Kier molecular flexibility index (Phi) is 4.59. The van der Waals surface area contributed by atoms with Crippen molar-refractivity contribution in [1.29, 1.82) is 0 Å². The molecule has 0 aromatic rings. The first-order chi connectivity index (χ1) is 10.3. The fourth-order valence-corrected chi connectivity index (χ4v) is 4.42. The highest BCUT2D eigenvalue weighted by molar-refractivity contribution is 5.70. The van der Waals surface area contributed by atoms with Crippen molar-refractivity contribution in [3.05, 3.63) is 0 Å². The van der Waals surface area contributed by atoms with Gasteiger partial charge in [-0.05, 0) is 43.4 Å². The van der Waals surface area contributed by atoms with Gasteiger partial charge in [0.2, 0.25) is 0 Å². The quantitative estimate of drug-likeness (QED) is 0.836. The maximum Gasteiger partial charge on any atom is 0.407 e. The van der Waals surface area contributed by atoms with Gasteiger partial charge in [-0.2, -0.15) is 0 Å². The first-order valence-corrected chi connectivity index (χ1v) is 8.14. The Balaban J connectivity index is 2.21. The molecule has 4 atom stereocenters. The Bertz CT molecular complexity index is 451. The van der Waals surface area contributed by atoms with Crippen molar-refractivity contribution in [2.45, 2.75) is 59.5 Å². The summed E-state index contributed by atoms with van der Waals surface area (Å²) in [6.07, 6.45) is 1.23. The van der Waals surface area contributed by atoms with Gasteiger partial charge in [0.25, 0.3) is 0 Å². The number of hydrogen-bond donors (Lipinski definition) is 2. The third-order valence-corrected chi connectivity index (χ3v) is 5.96. The molecule has 2 rings (SSSR count). The molecule has 2 saturated carbocycles. The number of alkyl carbamates (subject to hydrolysis) is 2. The van der Waals surface area contributed by atoms with Gasteiger partial charge in [-0.15, -0.1) is 0 Å². The van der Waals surface area contributed by atoms with Gasteiger partial charge in [0.15, 0.2) is 0 Å². The molecule has 22 heavy (non-hydrogen) atoms. The number of fused-ring (bicyclic) bond motifs is 2. The van der Waals surface area contributed by atoms with Crippen LogP contribution in [0.15, 0.2) is 0 Å². The van der Waals surface area contributed by atoms with E-state index in [4.69, 9.17) is 9.47 Å². The molecule has 0 aromatic heterocycles. The first kappa shape index (κ1) is 16.9. The summed E-state index contributed by atoms with van der Waals surface area (Å²) in [5, 5.41) is 5.93. The van der Waals surface area contributed by atoms with Gasteiger partial charge in [-0.1, -0.05) is 20.8 Å². The Morgan fingerprint density at radius 2 is 1.59 bits per heavy atom. The molecule has 0 aromatic carbocycles. The van der Waals surface area contributed by atoms with Crippen molar-refractivity contribution in [1.82, 2.24) is 10.6 Å². The summed E-state index contributed by atoms with van der Waals surface area (Å²) >= 11 is 0. The maximum atomic E-state index is 11.9. The number of carbonyl (C=O) groups excluding carboxylic acids is 2. The van der Waals surface area contributed by atoms with E-state index in [0.717, 1.165) is 12.8 Å². The third kappa shape index (κ3) is 2.52. The molecule has 0 saturated heterocycles.